The van der Waals surface area contributed by atoms with Gasteiger partial charge < -0.3 is 15.4 Å². The Morgan fingerprint density at radius 1 is 1.05 bits per heavy atom. The predicted octanol–water partition coefficient (Wildman–Crippen LogP) is 2.42. The zero-order valence-corrected chi connectivity index (χ0v) is 12.1. The summed E-state index contributed by atoms with van der Waals surface area (Å²) in [5, 5.41) is 0. The first-order valence-electron chi connectivity index (χ1n) is 6.91. The van der Waals surface area contributed by atoms with E-state index in [0.717, 1.165) is 17.0 Å². The maximum Gasteiger partial charge on any atom is 0.247 e. The molecule has 2 atom stereocenters. The van der Waals surface area contributed by atoms with Gasteiger partial charge in [-0.15, -0.1) is 0 Å². The molecule has 0 bridgehead atoms. The standard InChI is InChI=1S/C17H18N2O2/c1-11-3-5-12(6-4-11)16-15(18)17(20)19(16)13-7-9-14(21-2)10-8-13/h3-10,15-16H,18H2,1-2H3/t15-,16+/m1/s1. The summed E-state index contributed by atoms with van der Waals surface area (Å²) >= 11 is 0. The monoisotopic (exact) mass is 282 g/mol. The molecular weight excluding hydrogens is 264 g/mol. The van der Waals surface area contributed by atoms with Crippen molar-refractivity contribution in [3.8, 4) is 5.75 Å². The number of methoxy groups -OCH3 is 1. The molecule has 21 heavy (non-hydrogen) atoms. The molecule has 3 rings (SSSR count). The molecule has 4 nitrogen and oxygen atoms in total. The Balaban J connectivity index is 1.92. The van der Waals surface area contributed by atoms with Gasteiger partial charge in [-0.25, -0.2) is 0 Å². The van der Waals surface area contributed by atoms with E-state index in [9.17, 15) is 4.79 Å². The number of carbonyl (C=O) groups excluding carboxylic acids is 1. The number of hydrogen-bond donors (Lipinski definition) is 1. The lowest BCUT2D eigenvalue weighted by atomic mass is 9.88. The van der Waals surface area contributed by atoms with Gasteiger partial charge in [0, 0.05) is 5.69 Å². The fourth-order valence-electron chi connectivity index (χ4n) is 2.66. The third-order valence-corrected chi connectivity index (χ3v) is 3.91. The molecule has 2 aromatic rings. The first kappa shape index (κ1) is 13.6. The van der Waals surface area contributed by atoms with Crippen molar-refractivity contribution in [2.24, 2.45) is 5.73 Å². The van der Waals surface area contributed by atoms with Crippen LogP contribution in [0.4, 0.5) is 5.69 Å². The van der Waals surface area contributed by atoms with Crippen molar-refractivity contribution >= 4 is 11.6 Å². The smallest absolute Gasteiger partial charge is 0.247 e. The summed E-state index contributed by atoms with van der Waals surface area (Å²) in [6.07, 6.45) is 0. The Morgan fingerprint density at radius 2 is 1.67 bits per heavy atom. The van der Waals surface area contributed by atoms with Gasteiger partial charge in [-0.3, -0.25) is 4.79 Å². The second kappa shape index (κ2) is 5.22. The third-order valence-electron chi connectivity index (χ3n) is 3.91. The summed E-state index contributed by atoms with van der Waals surface area (Å²) in [6.45, 7) is 2.04. The number of amides is 1. The first-order valence-corrected chi connectivity index (χ1v) is 6.91. The van der Waals surface area contributed by atoms with Crippen LogP contribution in [-0.4, -0.2) is 19.1 Å². The highest BCUT2D eigenvalue weighted by molar-refractivity contribution is 6.05. The molecule has 1 amide bonds. The maximum atomic E-state index is 12.1. The van der Waals surface area contributed by atoms with Crippen molar-refractivity contribution in [3.63, 3.8) is 0 Å². The van der Waals surface area contributed by atoms with E-state index >= 15 is 0 Å². The third kappa shape index (κ3) is 2.28. The van der Waals surface area contributed by atoms with Gasteiger partial charge in [0.2, 0.25) is 5.91 Å². The fourth-order valence-corrected chi connectivity index (χ4v) is 2.66. The lowest BCUT2D eigenvalue weighted by Gasteiger charge is -2.45. The molecular formula is C17H18N2O2. The van der Waals surface area contributed by atoms with Gasteiger partial charge in [-0.05, 0) is 36.8 Å². The van der Waals surface area contributed by atoms with Crippen molar-refractivity contribution in [2.75, 3.05) is 12.0 Å². The highest BCUT2D eigenvalue weighted by atomic mass is 16.5. The van der Waals surface area contributed by atoms with E-state index < -0.39 is 6.04 Å². The Hall–Kier alpha value is -2.33. The lowest BCUT2D eigenvalue weighted by molar-refractivity contribution is -0.126. The fraction of sp³-hybridized carbons (Fsp3) is 0.235. The van der Waals surface area contributed by atoms with Crippen LogP contribution in [0.15, 0.2) is 48.5 Å². The van der Waals surface area contributed by atoms with Crippen LogP contribution in [0.5, 0.6) is 5.75 Å². The normalized spacial score (nSPS) is 21.1. The molecule has 2 aromatic carbocycles. The molecule has 1 heterocycles. The summed E-state index contributed by atoms with van der Waals surface area (Å²) in [7, 11) is 1.62. The largest absolute Gasteiger partial charge is 0.497 e. The highest BCUT2D eigenvalue weighted by Gasteiger charge is 2.46. The van der Waals surface area contributed by atoms with Crippen LogP contribution >= 0.6 is 0 Å². The highest BCUT2D eigenvalue weighted by Crippen LogP contribution is 2.38. The minimum absolute atomic E-state index is 0.0502. The summed E-state index contributed by atoms with van der Waals surface area (Å²) in [6, 6.07) is 15.0. The average Bonchev–Trinajstić information content (AvgIpc) is 2.53. The van der Waals surface area contributed by atoms with Crippen LogP contribution in [0, 0.1) is 6.92 Å². The molecule has 4 heteroatoms. The van der Waals surface area contributed by atoms with Crippen LogP contribution in [0.3, 0.4) is 0 Å². The molecule has 1 saturated heterocycles. The van der Waals surface area contributed by atoms with Gasteiger partial charge in [0.25, 0.3) is 0 Å². The predicted molar refractivity (Wildman–Crippen MR) is 82.4 cm³/mol. The second-order valence-electron chi connectivity index (χ2n) is 5.29. The van der Waals surface area contributed by atoms with Crippen molar-refractivity contribution in [3.05, 3.63) is 59.7 Å². The van der Waals surface area contributed by atoms with Crippen molar-refractivity contribution in [1.82, 2.24) is 0 Å². The van der Waals surface area contributed by atoms with E-state index in [1.165, 1.54) is 5.56 Å². The SMILES string of the molecule is COc1ccc(N2C(=O)[C@H](N)[C@@H]2c2ccc(C)cc2)cc1. The number of hydrogen-bond acceptors (Lipinski definition) is 3. The Bertz CT molecular complexity index is 649. The van der Waals surface area contributed by atoms with E-state index in [2.05, 4.69) is 0 Å². The lowest BCUT2D eigenvalue weighted by Crippen LogP contribution is -2.63. The van der Waals surface area contributed by atoms with Crippen molar-refractivity contribution in [1.29, 1.82) is 0 Å². The average molecular weight is 282 g/mol. The van der Waals surface area contributed by atoms with E-state index in [1.54, 1.807) is 12.0 Å². The number of ether oxygens (including phenoxy) is 1. The Morgan fingerprint density at radius 3 is 2.24 bits per heavy atom. The van der Waals surface area contributed by atoms with Gasteiger partial charge in [-0.2, -0.15) is 0 Å². The van der Waals surface area contributed by atoms with Crippen molar-refractivity contribution < 1.29 is 9.53 Å². The van der Waals surface area contributed by atoms with Crippen LogP contribution in [0.25, 0.3) is 0 Å². The molecule has 0 spiro atoms. The minimum atomic E-state index is -0.477. The van der Waals surface area contributed by atoms with Crippen LogP contribution in [0.2, 0.25) is 0 Å². The maximum absolute atomic E-state index is 12.1. The molecule has 0 aliphatic carbocycles. The molecule has 2 N–H and O–H groups in total. The van der Waals surface area contributed by atoms with E-state index in [0.29, 0.717) is 0 Å². The molecule has 1 aliphatic heterocycles. The van der Waals surface area contributed by atoms with Crippen LogP contribution in [-0.2, 0) is 4.79 Å². The number of nitrogens with zero attached hydrogens (tertiary/aromatic N) is 1. The quantitative estimate of drug-likeness (QED) is 0.880. The second-order valence-corrected chi connectivity index (χ2v) is 5.29. The summed E-state index contributed by atoms with van der Waals surface area (Å²) < 4.78 is 5.15. The molecule has 0 saturated carbocycles. The van der Waals surface area contributed by atoms with E-state index in [4.69, 9.17) is 10.5 Å². The molecule has 1 aliphatic rings. The van der Waals surface area contributed by atoms with Gasteiger partial charge in [0.15, 0.2) is 0 Å². The number of β-lactam (4-membered cyclic amide) rings is 1. The Labute approximate surface area is 124 Å². The minimum Gasteiger partial charge on any atom is -0.497 e. The van der Waals surface area contributed by atoms with Gasteiger partial charge >= 0.3 is 0 Å². The number of aryl methyl sites for hydroxylation is 1. The molecule has 0 unspecified atom stereocenters. The number of anilines is 1. The van der Waals surface area contributed by atoms with E-state index in [-0.39, 0.29) is 11.9 Å². The molecule has 0 aromatic heterocycles. The zero-order chi connectivity index (χ0) is 15.0. The van der Waals surface area contributed by atoms with Crippen LogP contribution in [0.1, 0.15) is 17.2 Å². The number of benzene rings is 2. The number of nitrogens with two attached hydrogens (primary N) is 1. The first-order chi connectivity index (χ1) is 10.1. The number of rotatable bonds is 3. The zero-order valence-electron chi connectivity index (χ0n) is 12.1. The topological polar surface area (TPSA) is 55.6 Å². The summed E-state index contributed by atoms with van der Waals surface area (Å²) in [5.74, 6) is 0.716. The molecule has 0 radical (unpaired) electrons. The molecule has 108 valence electrons. The summed E-state index contributed by atoms with van der Waals surface area (Å²) in [4.78, 5) is 13.9. The number of carbonyl (C=O) groups is 1. The van der Waals surface area contributed by atoms with Crippen molar-refractivity contribution in [2.45, 2.75) is 19.0 Å². The molecule has 1 fully saturated rings. The summed E-state index contributed by atoms with van der Waals surface area (Å²) in [5.41, 5.74) is 9.09. The van der Waals surface area contributed by atoms with Gasteiger partial charge in [0.05, 0.1) is 13.2 Å². The van der Waals surface area contributed by atoms with Gasteiger partial charge in [-0.1, -0.05) is 29.8 Å². The van der Waals surface area contributed by atoms with Crippen LogP contribution < -0.4 is 15.4 Å². The van der Waals surface area contributed by atoms with Gasteiger partial charge in [0.1, 0.15) is 11.8 Å². The Kier molecular flexibility index (Phi) is 3.39. The van der Waals surface area contributed by atoms with E-state index in [1.807, 2.05) is 55.5 Å².